The van der Waals surface area contributed by atoms with Crippen LogP contribution in [0.15, 0.2) is 36.4 Å². The minimum absolute atomic E-state index is 0.0392. The molecule has 2 aromatic carbocycles. The summed E-state index contributed by atoms with van der Waals surface area (Å²) in [4.78, 5) is 35.4. The summed E-state index contributed by atoms with van der Waals surface area (Å²) in [5, 5.41) is 0. The smallest absolute Gasteiger partial charge is 0.411 e. The second kappa shape index (κ2) is 6.79. The highest BCUT2D eigenvalue weighted by Gasteiger charge is 2.73. The molecule has 0 aliphatic carbocycles. The third kappa shape index (κ3) is 2.82. The molecule has 0 fully saturated rings. The van der Waals surface area contributed by atoms with Gasteiger partial charge in [0.25, 0.3) is 0 Å². The van der Waals surface area contributed by atoms with E-state index in [9.17, 15) is 40.7 Å². The van der Waals surface area contributed by atoms with Gasteiger partial charge in [-0.25, -0.2) is 14.4 Å². The van der Waals surface area contributed by atoms with Crippen molar-refractivity contribution < 1.29 is 54.9 Å². The Morgan fingerprint density at radius 2 is 1.28 bits per heavy atom. The molecule has 0 aromatic heterocycles. The van der Waals surface area contributed by atoms with Crippen LogP contribution in [0.25, 0.3) is 0 Å². The zero-order chi connectivity index (χ0) is 23.6. The van der Waals surface area contributed by atoms with Gasteiger partial charge >= 0.3 is 30.3 Å². The molecular formula is C20H10F6O6. The molecule has 0 N–H and O–H groups in total. The van der Waals surface area contributed by atoms with Gasteiger partial charge in [-0.05, 0) is 29.3 Å². The zero-order valence-corrected chi connectivity index (χ0v) is 15.8. The molecule has 168 valence electrons. The average Bonchev–Trinajstić information content (AvgIpc) is 3.16. The third-order valence-electron chi connectivity index (χ3n) is 5.32. The van der Waals surface area contributed by atoms with Crippen molar-refractivity contribution in [3.8, 4) is 0 Å². The number of hydrogen-bond donors (Lipinski definition) is 0. The molecular weight excluding hydrogens is 450 g/mol. The Morgan fingerprint density at radius 1 is 0.750 bits per heavy atom. The topological polar surface area (TPSA) is 78.9 Å². The van der Waals surface area contributed by atoms with Crippen LogP contribution >= 0.6 is 0 Å². The first-order chi connectivity index (χ1) is 14.8. The van der Waals surface area contributed by atoms with Crippen LogP contribution in [0, 0.1) is 0 Å². The minimum atomic E-state index is -5.97. The molecule has 2 aromatic rings. The summed E-state index contributed by atoms with van der Waals surface area (Å²) in [6, 6.07) is 3.31. The van der Waals surface area contributed by atoms with Crippen molar-refractivity contribution in [2.24, 2.45) is 0 Å². The number of hydrogen-bond acceptors (Lipinski definition) is 6. The summed E-state index contributed by atoms with van der Waals surface area (Å²) < 4.78 is 99.8. The maximum atomic E-state index is 14.3. The molecule has 0 saturated carbocycles. The lowest BCUT2D eigenvalue weighted by Gasteiger charge is -2.38. The van der Waals surface area contributed by atoms with Gasteiger partial charge in [-0.2, -0.15) is 26.3 Å². The predicted molar refractivity (Wildman–Crippen MR) is 90.7 cm³/mol. The van der Waals surface area contributed by atoms with Crippen LogP contribution in [0.3, 0.4) is 0 Å². The van der Waals surface area contributed by atoms with E-state index < -0.39 is 69.8 Å². The van der Waals surface area contributed by atoms with Gasteiger partial charge in [-0.3, -0.25) is 0 Å². The minimum Gasteiger partial charge on any atom is -0.428 e. The van der Waals surface area contributed by atoms with Crippen molar-refractivity contribution in [3.05, 3.63) is 69.8 Å². The molecule has 0 bridgehead atoms. The molecule has 32 heavy (non-hydrogen) atoms. The fourth-order valence-corrected chi connectivity index (χ4v) is 3.87. The van der Waals surface area contributed by atoms with E-state index in [0.717, 1.165) is 13.2 Å². The van der Waals surface area contributed by atoms with E-state index in [4.69, 9.17) is 9.47 Å². The van der Waals surface area contributed by atoms with Crippen molar-refractivity contribution in [2.45, 2.75) is 24.1 Å². The summed E-state index contributed by atoms with van der Waals surface area (Å²) in [5.41, 5.74) is -9.10. The predicted octanol–water partition coefficient (Wildman–Crippen LogP) is 4.22. The van der Waals surface area contributed by atoms with E-state index in [1.165, 1.54) is 0 Å². The summed E-state index contributed by atoms with van der Waals surface area (Å²) in [6.07, 6.45) is -13.2. The van der Waals surface area contributed by atoms with E-state index in [1.54, 1.807) is 0 Å². The lowest BCUT2D eigenvalue weighted by Crippen LogP contribution is -2.55. The normalized spacial score (nSPS) is 18.3. The summed E-state index contributed by atoms with van der Waals surface area (Å²) in [6.45, 7) is 0. The highest BCUT2D eigenvalue weighted by atomic mass is 19.4. The van der Waals surface area contributed by atoms with E-state index in [-0.39, 0.29) is 5.56 Å². The highest BCUT2D eigenvalue weighted by molar-refractivity contribution is 6.14. The van der Waals surface area contributed by atoms with E-state index in [2.05, 4.69) is 4.74 Å². The van der Waals surface area contributed by atoms with Crippen LogP contribution in [-0.4, -0.2) is 37.4 Å². The number of esters is 3. The quantitative estimate of drug-likeness (QED) is 0.388. The van der Waals surface area contributed by atoms with Crippen molar-refractivity contribution in [2.75, 3.05) is 7.11 Å². The number of cyclic esters (lactones) is 3. The highest BCUT2D eigenvalue weighted by Crippen LogP contribution is 2.57. The molecule has 1 unspecified atom stereocenters. The van der Waals surface area contributed by atoms with Crippen LogP contribution in [0.1, 0.15) is 54.1 Å². The molecule has 0 amide bonds. The molecule has 0 radical (unpaired) electrons. The Balaban J connectivity index is 2.03. The van der Waals surface area contributed by atoms with Crippen LogP contribution < -0.4 is 0 Å². The summed E-state index contributed by atoms with van der Waals surface area (Å²) >= 11 is 0. The Labute approximate surface area is 174 Å². The largest absolute Gasteiger partial charge is 0.428 e. The van der Waals surface area contributed by atoms with Gasteiger partial charge in [0.1, 0.15) is 0 Å². The molecule has 2 aliphatic rings. The number of fused-ring (bicyclic) bond motifs is 2. The number of carbonyl (C=O) groups is 3. The van der Waals surface area contributed by atoms with Crippen LogP contribution in [-0.2, 0) is 19.6 Å². The standard InChI is InChI=1S/C20H10F6O6/c1-30-17-11-5-3-9(7-13(11)16(29)32-17)18(19(21,22)23,20(24,25)26)8-2-4-10-12(6-8)15(28)31-14(10)27/h2-7,17H,1H3. The number of methoxy groups -OCH3 is 1. The first-order valence-corrected chi connectivity index (χ1v) is 8.75. The van der Waals surface area contributed by atoms with Crippen molar-refractivity contribution in [1.29, 1.82) is 0 Å². The second-order valence-electron chi connectivity index (χ2n) is 6.96. The fourth-order valence-electron chi connectivity index (χ4n) is 3.87. The number of ether oxygens (including phenoxy) is 3. The Bertz CT molecular complexity index is 1150. The Kier molecular flexibility index (Phi) is 4.63. The van der Waals surface area contributed by atoms with E-state index in [0.29, 0.717) is 30.3 Å². The van der Waals surface area contributed by atoms with Gasteiger partial charge in [-0.15, -0.1) is 0 Å². The Morgan fingerprint density at radius 3 is 1.84 bits per heavy atom. The monoisotopic (exact) mass is 460 g/mol. The average molecular weight is 460 g/mol. The molecule has 6 nitrogen and oxygen atoms in total. The summed E-state index contributed by atoms with van der Waals surface area (Å²) in [5.74, 6) is -3.72. The molecule has 2 aliphatic heterocycles. The second-order valence-corrected chi connectivity index (χ2v) is 6.96. The van der Waals surface area contributed by atoms with Crippen molar-refractivity contribution in [3.63, 3.8) is 0 Å². The molecule has 12 heteroatoms. The van der Waals surface area contributed by atoms with Gasteiger partial charge in [-0.1, -0.05) is 18.2 Å². The van der Waals surface area contributed by atoms with Crippen molar-refractivity contribution >= 4 is 17.9 Å². The lowest BCUT2D eigenvalue weighted by molar-refractivity contribution is -0.288. The van der Waals surface area contributed by atoms with Gasteiger partial charge in [0, 0.05) is 12.7 Å². The van der Waals surface area contributed by atoms with Gasteiger partial charge < -0.3 is 14.2 Å². The Hall–Kier alpha value is -3.41. The molecule has 2 heterocycles. The number of rotatable bonds is 3. The zero-order valence-electron chi connectivity index (χ0n) is 15.8. The molecule has 0 saturated heterocycles. The van der Waals surface area contributed by atoms with Gasteiger partial charge in [0.05, 0.1) is 16.7 Å². The maximum Gasteiger partial charge on any atom is 0.411 e. The first-order valence-electron chi connectivity index (χ1n) is 8.75. The van der Waals surface area contributed by atoms with Crippen LogP contribution in [0.5, 0.6) is 0 Å². The number of carbonyl (C=O) groups excluding carboxylic acids is 3. The van der Waals surface area contributed by atoms with Crippen LogP contribution in [0.2, 0.25) is 0 Å². The molecule has 4 rings (SSSR count). The van der Waals surface area contributed by atoms with Crippen LogP contribution in [0.4, 0.5) is 26.3 Å². The van der Waals surface area contributed by atoms with Gasteiger partial charge in [0.2, 0.25) is 11.7 Å². The SMILES string of the molecule is COC1OC(=O)c2cc(C(c3ccc4c(c3)C(=O)OC4=O)(C(F)(F)F)C(F)(F)F)ccc21. The lowest BCUT2D eigenvalue weighted by atomic mass is 9.71. The van der Waals surface area contributed by atoms with Gasteiger partial charge in [0.15, 0.2) is 0 Å². The summed E-state index contributed by atoms with van der Waals surface area (Å²) in [7, 11) is 1.14. The third-order valence-corrected chi connectivity index (χ3v) is 5.32. The molecule has 0 spiro atoms. The number of alkyl halides is 6. The first kappa shape index (κ1) is 21.8. The van der Waals surface area contributed by atoms with E-state index in [1.807, 2.05) is 0 Å². The van der Waals surface area contributed by atoms with Crippen molar-refractivity contribution in [1.82, 2.24) is 0 Å². The molecule has 1 atom stereocenters. The number of benzene rings is 2. The maximum absolute atomic E-state index is 14.3. The fraction of sp³-hybridized carbons (Fsp3) is 0.250. The van der Waals surface area contributed by atoms with E-state index >= 15 is 0 Å². The number of halogens is 6.